The average molecular weight is 391 g/mol. The van der Waals surface area contributed by atoms with Crippen LogP contribution in [0.1, 0.15) is 19.3 Å². The lowest BCUT2D eigenvalue weighted by molar-refractivity contribution is 0.106. The first-order valence-electron chi connectivity index (χ1n) is 6.60. The van der Waals surface area contributed by atoms with Gasteiger partial charge in [0.05, 0.1) is 13.2 Å². The number of hydrogen-bond acceptors (Lipinski definition) is 3. The molecule has 1 aliphatic rings. The summed E-state index contributed by atoms with van der Waals surface area (Å²) in [4.78, 5) is 4.30. The summed E-state index contributed by atoms with van der Waals surface area (Å²) in [6.45, 7) is 1.57. The number of halogens is 1. The highest BCUT2D eigenvalue weighted by atomic mass is 127. The van der Waals surface area contributed by atoms with Gasteiger partial charge in [0.1, 0.15) is 5.75 Å². The number of nitrogens with zero attached hydrogens (tertiary/aromatic N) is 1. The molecule has 3 N–H and O–H groups in total. The van der Waals surface area contributed by atoms with Crippen molar-refractivity contribution in [2.45, 2.75) is 25.4 Å². The Labute approximate surface area is 137 Å². The molecule has 0 amide bonds. The second-order valence-electron chi connectivity index (χ2n) is 4.55. The maximum Gasteiger partial charge on any atom is 0.193 e. The lowest BCUT2D eigenvalue weighted by Gasteiger charge is -2.09. The number of hydrogen-bond donors (Lipinski definition) is 2. The second-order valence-corrected chi connectivity index (χ2v) is 4.55. The van der Waals surface area contributed by atoms with Gasteiger partial charge in [-0.3, -0.25) is 4.99 Å². The van der Waals surface area contributed by atoms with Crippen LogP contribution in [0.5, 0.6) is 5.75 Å². The third-order valence-corrected chi connectivity index (χ3v) is 3.10. The fourth-order valence-corrected chi connectivity index (χ4v) is 2.09. The van der Waals surface area contributed by atoms with Crippen LogP contribution in [0, 0.1) is 0 Å². The monoisotopic (exact) mass is 391 g/mol. The molecule has 0 spiro atoms. The van der Waals surface area contributed by atoms with E-state index in [4.69, 9.17) is 15.2 Å². The molecule has 112 valence electrons. The van der Waals surface area contributed by atoms with Crippen molar-refractivity contribution in [1.29, 1.82) is 0 Å². The summed E-state index contributed by atoms with van der Waals surface area (Å²) < 4.78 is 10.7. The molecule has 20 heavy (non-hydrogen) atoms. The highest BCUT2D eigenvalue weighted by Crippen LogP contribution is 2.17. The highest BCUT2D eigenvalue weighted by molar-refractivity contribution is 14.0. The Hall–Kier alpha value is -1.02. The van der Waals surface area contributed by atoms with E-state index in [0.29, 0.717) is 18.6 Å². The Bertz CT molecular complexity index is 434. The normalized spacial score (nSPS) is 18.4. The van der Waals surface area contributed by atoms with Crippen molar-refractivity contribution in [3.05, 3.63) is 24.3 Å². The highest BCUT2D eigenvalue weighted by Gasteiger charge is 2.14. The Morgan fingerprint density at radius 2 is 2.40 bits per heavy atom. The Kier molecular flexibility index (Phi) is 7.68. The van der Waals surface area contributed by atoms with Crippen LogP contribution in [0.2, 0.25) is 0 Å². The molecule has 1 aromatic rings. The number of rotatable bonds is 5. The maximum atomic E-state index is 5.84. The molecule has 1 fully saturated rings. The van der Waals surface area contributed by atoms with Crippen LogP contribution >= 0.6 is 24.0 Å². The van der Waals surface area contributed by atoms with Crippen molar-refractivity contribution in [3.8, 4) is 5.75 Å². The van der Waals surface area contributed by atoms with Gasteiger partial charge in [-0.15, -0.1) is 24.0 Å². The molecule has 0 aromatic heterocycles. The van der Waals surface area contributed by atoms with Crippen molar-refractivity contribution in [2.24, 2.45) is 10.7 Å². The third-order valence-electron chi connectivity index (χ3n) is 3.10. The molecule has 1 aliphatic heterocycles. The zero-order valence-electron chi connectivity index (χ0n) is 11.7. The smallest absolute Gasteiger partial charge is 0.193 e. The van der Waals surface area contributed by atoms with Crippen molar-refractivity contribution in [3.63, 3.8) is 0 Å². The van der Waals surface area contributed by atoms with Gasteiger partial charge in [-0.1, -0.05) is 6.07 Å². The largest absolute Gasteiger partial charge is 0.497 e. The topological polar surface area (TPSA) is 68.9 Å². The number of anilines is 1. The van der Waals surface area contributed by atoms with Crippen molar-refractivity contribution in [1.82, 2.24) is 0 Å². The van der Waals surface area contributed by atoms with Crippen LogP contribution in [0.25, 0.3) is 0 Å². The average Bonchev–Trinajstić information content (AvgIpc) is 2.92. The lowest BCUT2D eigenvalue weighted by atomic mass is 10.2. The molecule has 1 aromatic carbocycles. The van der Waals surface area contributed by atoms with Gasteiger partial charge in [0.2, 0.25) is 0 Å². The molecule has 2 rings (SSSR count). The van der Waals surface area contributed by atoms with Gasteiger partial charge < -0.3 is 20.5 Å². The fourth-order valence-electron chi connectivity index (χ4n) is 2.09. The predicted octanol–water partition coefficient (Wildman–Crippen LogP) is 2.61. The van der Waals surface area contributed by atoms with Crippen LogP contribution in [0.4, 0.5) is 5.69 Å². The summed E-state index contributed by atoms with van der Waals surface area (Å²) in [6.07, 6.45) is 3.58. The number of guanidine groups is 1. The van der Waals surface area contributed by atoms with E-state index in [9.17, 15) is 0 Å². The zero-order valence-corrected chi connectivity index (χ0v) is 14.0. The van der Waals surface area contributed by atoms with Gasteiger partial charge >= 0.3 is 0 Å². The van der Waals surface area contributed by atoms with Crippen LogP contribution < -0.4 is 15.8 Å². The summed E-state index contributed by atoms with van der Waals surface area (Å²) in [5, 5.41) is 3.05. The number of ether oxygens (including phenoxy) is 2. The van der Waals surface area contributed by atoms with Crippen molar-refractivity contribution >= 4 is 35.6 Å². The predicted molar refractivity (Wildman–Crippen MR) is 92.1 cm³/mol. The van der Waals surface area contributed by atoms with E-state index < -0.39 is 0 Å². The van der Waals surface area contributed by atoms with Crippen LogP contribution in [0.15, 0.2) is 29.3 Å². The maximum absolute atomic E-state index is 5.84. The Morgan fingerprint density at radius 1 is 1.55 bits per heavy atom. The first-order valence-corrected chi connectivity index (χ1v) is 6.60. The van der Waals surface area contributed by atoms with Crippen molar-refractivity contribution < 1.29 is 9.47 Å². The molecule has 0 radical (unpaired) electrons. The molecule has 1 atom stereocenters. The fraction of sp³-hybridized carbons (Fsp3) is 0.500. The molecule has 5 nitrogen and oxygen atoms in total. The Balaban J connectivity index is 0.00000200. The van der Waals surface area contributed by atoms with Gasteiger partial charge in [0.15, 0.2) is 5.96 Å². The zero-order chi connectivity index (χ0) is 13.5. The quantitative estimate of drug-likeness (QED) is 0.460. The van der Waals surface area contributed by atoms with Crippen LogP contribution in [-0.2, 0) is 4.74 Å². The molecular weight excluding hydrogens is 369 g/mol. The second kappa shape index (κ2) is 9.02. The van der Waals surface area contributed by atoms with Crippen molar-refractivity contribution in [2.75, 3.05) is 25.6 Å². The summed E-state index contributed by atoms with van der Waals surface area (Å²) in [7, 11) is 1.64. The molecule has 1 unspecified atom stereocenters. The van der Waals surface area contributed by atoms with Crippen LogP contribution in [-0.4, -0.2) is 32.3 Å². The lowest BCUT2D eigenvalue weighted by Crippen LogP contribution is -2.23. The third kappa shape index (κ3) is 5.54. The summed E-state index contributed by atoms with van der Waals surface area (Å²) in [5.41, 5.74) is 6.71. The molecule has 1 saturated heterocycles. The Morgan fingerprint density at radius 3 is 3.10 bits per heavy atom. The summed E-state index contributed by atoms with van der Waals surface area (Å²) in [5.74, 6) is 1.21. The molecule has 0 aliphatic carbocycles. The van der Waals surface area contributed by atoms with E-state index >= 15 is 0 Å². The van der Waals surface area contributed by atoms with E-state index in [1.54, 1.807) is 7.11 Å². The number of aliphatic imine (C=N–C) groups is 1. The summed E-state index contributed by atoms with van der Waals surface area (Å²) >= 11 is 0. The van der Waals surface area contributed by atoms with E-state index in [-0.39, 0.29) is 24.0 Å². The molecule has 0 bridgehead atoms. The summed E-state index contributed by atoms with van der Waals surface area (Å²) in [6, 6.07) is 7.59. The van der Waals surface area contributed by atoms with Gasteiger partial charge in [-0.05, 0) is 31.4 Å². The van der Waals surface area contributed by atoms with Gasteiger partial charge in [0.25, 0.3) is 0 Å². The SMILES string of the molecule is COc1cccc(NC(N)=NCCC2CCCO2)c1.I. The molecular formula is C14H22IN3O2. The van der Waals surface area contributed by atoms with Gasteiger partial charge in [-0.2, -0.15) is 0 Å². The minimum absolute atomic E-state index is 0. The van der Waals surface area contributed by atoms with E-state index in [2.05, 4.69) is 10.3 Å². The molecule has 0 saturated carbocycles. The molecule has 6 heteroatoms. The van der Waals surface area contributed by atoms with E-state index in [1.807, 2.05) is 24.3 Å². The first-order chi connectivity index (χ1) is 9.28. The van der Waals surface area contributed by atoms with Gasteiger partial charge in [0, 0.05) is 24.9 Å². The minimum atomic E-state index is 0. The standard InChI is InChI=1S/C14H21N3O2.HI/c1-18-13-5-2-4-11(10-13)17-14(15)16-8-7-12-6-3-9-19-12;/h2,4-5,10,12H,3,6-9H2,1H3,(H3,15,16,17);1H. The number of methoxy groups -OCH3 is 1. The molecule has 1 heterocycles. The van der Waals surface area contributed by atoms with Crippen LogP contribution in [0.3, 0.4) is 0 Å². The number of benzene rings is 1. The first kappa shape index (κ1) is 17.0. The van der Waals surface area contributed by atoms with Gasteiger partial charge in [-0.25, -0.2) is 0 Å². The number of nitrogens with two attached hydrogens (primary N) is 1. The van der Waals surface area contributed by atoms with E-state index in [0.717, 1.165) is 37.3 Å². The number of nitrogens with one attached hydrogen (secondary N) is 1. The van der Waals surface area contributed by atoms with E-state index in [1.165, 1.54) is 0 Å². The minimum Gasteiger partial charge on any atom is -0.497 e.